The summed E-state index contributed by atoms with van der Waals surface area (Å²) >= 11 is 0. The summed E-state index contributed by atoms with van der Waals surface area (Å²) in [5, 5.41) is 7.81. The van der Waals surface area contributed by atoms with Crippen LogP contribution < -0.4 is 5.32 Å². The van der Waals surface area contributed by atoms with Gasteiger partial charge in [0.05, 0.1) is 6.04 Å². The Morgan fingerprint density at radius 1 is 1.57 bits per heavy atom. The van der Waals surface area contributed by atoms with E-state index in [4.69, 9.17) is 0 Å². The second kappa shape index (κ2) is 3.59. The third-order valence-corrected chi connectivity index (χ3v) is 2.80. The van der Waals surface area contributed by atoms with Gasteiger partial charge in [0.15, 0.2) is 5.82 Å². The Labute approximate surface area is 84.7 Å². The molecule has 0 saturated heterocycles. The number of fused-ring (bicyclic) bond motifs is 1. The summed E-state index contributed by atoms with van der Waals surface area (Å²) in [7, 11) is 0. The second-order valence-electron chi connectivity index (χ2n) is 4.18. The number of aryl methyl sites for hydroxylation is 1. The van der Waals surface area contributed by atoms with Gasteiger partial charge < -0.3 is 5.32 Å². The van der Waals surface area contributed by atoms with Crippen molar-refractivity contribution < 1.29 is 0 Å². The molecule has 2 rings (SSSR count). The minimum Gasteiger partial charge on any atom is -0.354 e. The minimum absolute atomic E-state index is 0.513. The fourth-order valence-electron chi connectivity index (χ4n) is 1.94. The molecule has 1 aromatic rings. The van der Waals surface area contributed by atoms with E-state index in [1.807, 2.05) is 0 Å². The Balaban J connectivity index is 2.33. The quantitative estimate of drug-likeness (QED) is 0.781. The topological polar surface area (TPSA) is 42.7 Å². The van der Waals surface area contributed by atoms with E-state index in [2.05, 4.69) is 40.9 Å². The molecule has 1 aromatic heterocycles. The van der Waals surface area contributed by atoms with Crippen molar-refractivity contribution in [2.24, 2.45) is 5.92 Å². The fraction of sp³-hybridized carbons (Fsp3) is 0.800. The molecule has 0 bridgehead atoms. The van der Waals surface area contributed by atoms with Gasteiger partial charge in [0.25, 0.3) is 0 Å². The van der Waals surface area contributed by atoms with Gasteiger partial charge in [0.1, 0.15) is 0 Å². The molecule has 0 aromatic carbocycles. The largest absolute Gasteiger partial charge is 0.354 e. The predicted octanol–water partition coefficient (Wildman–Crippen LogP) is 1.85. The molecule has 4 nitrogen and oxygen atoms in total. The Morgan fingerprint density at radius 2 is 2.36 bits per heavy atom. The number of rotatable bonds is 2. The maximum atomic E-state index is 4.52. The van der Waals surface area contributed by atoms with Crippen LogP contribution in [0.4, 0.5) is 5.95 Å². The predicted molar refractivity (Wildman–Crippen MR) is 56.4 cm³/mol. The van der Waals surface area contributed by atoms with Gasteiger partial charge in [-0.25, -0.2) is 4.68 Å². The highest BCUT2D eigenvalue weighted by Crippen LogP contribution is 2.27. The molecule has 2 heterocycles. The van der Waals surface area contributed by atoms with Crippen molar-refractivity contribution in [3.63, 3.8) is 0 Å². The summed E-state index contributed by atoms with van der Waals surface area (Å²) in [5.74, 6) is 2.52. The van der Waals surface area contributed by atoms with Crippen LogP contribution in [0.3, 0.4) is 0 Å². The van der Waals surface area contributed by atoms with Crippen molar-refractivity contribution in [3.8, 4) is 0 Å². The van der Waals surface area contributed by atoms with Gasteiger partial charge in [-0.2, -0.15) is 10.1 Å². The zero-order chi connectivity index (χ0) is 10.1. The first-order valence-electron chi connectivity index (χ1n) is 5.41. The minimum atomic E-state index is 0.513. The first kappa shape index (κ1) is 9.49. The molecule has 0 aliphatic carbocycles. The van der Waals surface area contributed by atoms with E-state index < -0.39 is 0 Å². The van der Waals surface area contributed by atoms with Crippen molar-refractivity contribution in [1.29, 1.82) is 0 Å². The Kier molecular flexibility index (Phi) is 2.44. The maximum absolute atomic E-state index is 4.52. The van der Waals surface area contributed by atoms with Gasteiger partial charge in [0.2, 0.25) is 5.95 Å². The third kappa shape index (κ3) is 1.49. The van der Waals surface area contributed by atoms with Crippen LogP contribution in [-0.2, 0) is 6.42 Å². The SMILES string of the molecule is CCc1nc2n(n1)C(C(C)C)CCN2. The lowest BCUT2D eigenvalue weighted by Gasteiger charge is -2.27. The number of hydrogen-bond acceptors (Lipinski definition) is 3. The summed E-state index contributed by atoms with van der Waals surface area (Å²) in [4.78, 5) is 4.44. The lowest BCUT2D eigenvalue weighted by atomic mass is 10.0. The highest BCUT2D eigenvalue weighted by atomic mass is 15.4. The molecule has 1 aliphatic heterocycles. The molecule has 1 unspecified atom stereocenters. The lowest BCUT2D eigenvalue weighted by Crippen LogP contribution is -2.27. The molecule has 0 spiro atoms. The molecule has 1 N–H and O–H groups in total. The molecular formula is C10H18N4. The van der Waals surface area contributed by atoms with Crippen LogP contribution in [0.1, 0.15) is 39.1 Å². The molecule has 4 heteroatoms. The molecule has 1 atom stereocenters. The molecule has 14 heavy (non-hydrogen) atoms. The van der Waals surface area contributed by atoms with E-state index in [9.17, 15) is 0 Å². The monoisotopic (exact) mass is 194 g/mol. The zero-order valence-corrected chi connectivity index (χ0v) is 9.12. The number of nitrogens with one attached hydrogen (secondary N) is 1. The van der Waals surface area contributed by atoms with Crippen molar-refractivity contribution in [1.82, 2.24) is 14.8 Å². The highest BCUT2D eigenvalue weighted by molar-refractivity contribution is 5.28. The fourth-order valence-corrected chi connectivity index (χ4v) is 1.94. The zero-order valence-electron chi connectivity index (χ0n) is 9.12. The van der Waals surface area contributed by atoms with E-state index in [1.165, 1.54) is 0 Å². The van der Waals surface area contributed by atoms with E-state index in [0.717, 1.165) is 31.2 Å². The van der Waals surface area contributed by atoms with Crippen molar-refractivity contribution in [2.75, 3.05) is 11.9 Å². The van der Waals surface area contributed by atoms with Crippen LogP contribution in [0, 0.1) is 5.92 Å². The Hall–Kier alpha value is -1.06. The van der Waals surface area contributed by atoms with Crippen LogP contribution in [0.25, 0.3) is 0 Å². The normalized spacial score (nSPS) is 20.7. The van der Waals surface area contributed by atoms with Crippen molar-refractivity contribution >= 4 is 5.95 Å². The number of anilines is 1. The molecule has 78 valence electrons. The first-order chi connectivity index (χ1) is 6.72. The van der Waals surface area contributed by atoms with Crippen LogP contribution >= 0.6 is 0 Å². The molecule has 0 fully saturated rings. The molecular weight excluding hydrogens is 176 g/mol. The summed E-state index contributed by atoms with van der Waals surface area (Å²) in [5.41, 5.74) is 0. The van der Waals surface area contributed by atoms with E-state index in [0.29, 0.717) is 12.0 Å². The van der Waals surface area contributed by atoms with Crippen LogP contribution in [0.15, 0.2) is 0 Å². The number of nitrogens with zero attached hydrogens (tertiary/aromatic N) is 3. The molecule has 0 radical (unpaired) electrons. The van der Waals surface area contributed by atoms with Crippen LogP contribution in [-0.4, -0.2) is 21.3 Å². The summed E-state index contributed by atoms with van der Waals surface area (Å²) < 4.78 is 2.06. The first-order valence-corrected chi connectivity index (χ1v) is 5.41. The standard InChI is InChI=1S/C10H18N4/c1-4-9-12-10-11-6-5-8(7(2)3)14(10)13-9/h7-8H,4-6H2,1-3H3,(H,11,12,13). The van der Waals surface area contributed by atoms with E-state index in [1.54, 1.807) is 0 Å². The Bertz CT molecular complexity index is 316. The summed E-state index contributed by atoms with van der Waals surface area (Å²) in [6.45, 7) is 7.59. The van der Waals surface area contributed by atoms with E-state index in [-0.39, 0.29) is 0 Å². The molecule has 0 saturated carbocycles. The van der Waals surface area contributed by atoms with Crippen LogP contribution in [0.2, 0.25) is 0 Å². The average molecular weight is 194 g/mol. The van der Waals surface area contributed by atoms with Gasteiger partial charge >= 0.3 is 0 Å². The molecule has 1 aliphatic rings. The Morgan fingerprint density at radius 3 is 3.00 bits per heavy atom. The van der Waals surface area contributed by atoms with Gasteiger partial charge in [-0.05, 0) is 12.3 Å². The number of aromatic nitrogens is 3. The van der Waals surface area contributed by atoms with Gasteiger partial charge in [0, 0.05) is 13.0 Å². The maximum Gasteiger partial charge on any atom is 0.221 e. The van der Waals surface area contributed by atoms with E-state index >= 15 is 0 Å². The summed E-state index contributed by atoms with van der Waals surface area (Å²) in [6.07, 6.45) is 2.06. The highest BCUT2D eigenvalue weighted by Gasteiger charge is 2.24. The van der Waals surface area contributed by atoms with Crippen LogP contribution in [0.5, 0.6) is 0 Å². The van der Waals surface area contributed by atoms with Gasteiger partial charge in [-0.1, -0.05) is 20.8 Å². The smallest absolute Gasteiger partial charge is 0.221 e. The summed E-state index contributed by atoms with van der Waals surface area (Å²) in [6, 6.07) is 0.513. The van der Waals surface area contributed by atoms with Gasteiger partial charge in [-0.15, -0.1) is 0 Å². The van der Waals surface area contributed by atoms with Gasteiger partial charge in [-0.3, -0.25) is 0 Å². The van der Waals surface area contributed by atoms with Crippen molar-refractivity contribution in [2.45, 2.75) is 39.7 Å². The second-order valence-corrected chi connectivity index (χ2v) is 4.18. The average Bonchev–Trinajstić information content (AvgIpc) is 2.59. The van der Waals surface area contributed by atoms with Crippen molar-refractivity contribution in [3.05, 3.63) is 5.82 Å². The lowest BCUT2D eigenvalue weighted by molar-refractivity contribution is 0.321. The number of hydrogen-bond donors (Lipinski definition) is 1. The third-order valence-electron chi connectivity index (χ3n) is 2.80. The molecule has 0 amide bonds.